The van der Waals surface area contributed by atoms with Crippen LogP contribution in [-0.2, 0) is 4.79 Å². The number of nitrogens with zero attached hydrogens (tertiary/aromatic N) is 4. The largest absolute Gasteiger partial charge is 0.411 e. The summed E-state index contributed by atoms with van der Waals surface area (Å²) < 4.78 is 5.65. The molecule has 31 heavy (non-hydrogen) atoms. The lowest BCUT2D eigenvalue weighted by molar-refractivity contribution is -0.113. The molecule has 1 amide bonds. The minimum absolute atomic E-state index is 0.115. The number of halogens is 1. The van der Waals surface area contributed by atoms with Gasteiger partial charge in [-0.3, -0.25) is 4.79 Å². The number of amides is 1. The summed E-state index contributed by atoms with van der Waals surface area (Å²) in [5.41, 5.74) is 2.66. The van der Waals surface area contributed by atoms with Crippen LogP contribution in [0.1, 0.15) is 6.92 Å². The molecule has 0 radical (unpaired) electrons. The van der Waals surface area contributed by atoms with Gasteiger partial charge in [-0.25, -0.2) is 0 Å². The van der Waals surface area contributed by atoms with Crippen LogP contribution in [-0.4, -0.2) is 59.5 Å². The highest BCUT2D eigenvalue weighted by Crippen LogP contribution is 2.28. The Balaban J connectivity index is 1.34. The summed E-state index contributed by atoms with van der Waals surface area (Å²) in [6, 6.07) is 15.1. The number of carbonyl (C=O) groups excluding carboxylic acids is 1. The molecule has 2 heterocycles. The molecule has 0 aliphatic carbocycles. The molecule has 3 aromatic rings. The average Bonchev–Trinajstić information content (AvgIpc) is 3.28. The maximum absolute atomic E-state index is 12.6. The van der Waals surface area contributed by atoms with E-state index in [1.807, 2.05) is 30.3 Å². The van der Waals surface area contributed by atoms with E-state index in [0.717, 1.165) is 49.7 Å². The molecule has 0 bridgehead atoms. The Morgan fingerprint density at radius 3 is 2.58 bits per heavy atom. The van der Waals surface area contributed by atoms with Gasteiger partial charge in [0.25, 0.3) is 5.22 Å². The molecule has 162 valence electrons. The summed E-state index contributed by atoms with van der Waals surface area (Å²) in [5.74, 6) is 0.465. The molecule has 1 fully saturated rings. The van der Waals surface area contributed by atoms with Crippen molar-refractivity contribution >= 4 is 40.6 Å². The van der Waals surface area contributed by atoms with E-state index in [-0.39, 0.29) is 11.7 Å². The highest BCUT2D eigenvalue weighted by atomic mass is 35.5. The number of anilines is 2. The van der Waals surface area contributed by atoms with Crippen LogP contribution < -0.4 is 10.2 Å². The average molecular weight is 458 g/mol. The van der Waals surface area contributed by atoms with Crippen molar-refractivity contribution < 1.29 is 9.21 Å². The first-order valence-corrected chi connectivity index (χ1v) is 11.6. The monoisotopic (exact) mass is 457 g/mol. The minimum Gasteiger partial charge on any atom is -0.411 e. The molecular formula is C22H24ClN5O2S. The third-order valence-electron chi connectivity index (χ3n) is 5.16. The minimum atomic E-state index is -0.115. The van der Waals surface area contributed by atoms with Crippen molar-refractivity contribution in [3.05, 3.63) is 53.6 Å². The predicted molar refractivity (Wildman–Crippen MR) is 125 cm³/mol. The van der Waals surface area contributed by atoms with E-state index in [4.69, 9.17) is 16.0 Å². The number of para-hydroxylation sites is 2. The van der Waals surface area contributed by atoms with Crippen molar-refractivity contribution in [2.45, 2.75) is 12.1 Å². The molecule has 0 spiro atoms. The lowest BCUT2D eigenvalue weighted by Gasteiger charge is -2.36. The van der Waals surface area contributed by atoms with Crippen LogP contribution in [0, 0.1) is 0 Å². The molecule has 4 rings (SSSR count). The van der Waals surface area contributed by atoms with Crippen LogP contribution in [0.3, 0.4) is 0 Å². The van der Waals surface area contributed by atoms with E-state index < -0.39 is 0 Å². The summed E-state index contributed by atoms with van der Waals surface area (Å²) in [5, 5.41) is 12.1. The Kier molecular flexibility index (Phi) is 7.11. The normalized spacial score (nSPS) is 14.6. The van der Waals surface area contributed by atoms with E-state index in [9.17, 15) is 4.79 Å². The molecule has 7 nitrogen and oxygen atoms in total. The number of hydrogen-bond donors (Lipinski definition) is 1. The van der Waals surface area contributed by atoms with Gasteiger partial charge in [-0.15, -0.1) is 10.2 Å². The fourth-order valence-electron chi connectivity index (χ4n) is 3.45. The third kappa shape index (κ3) is 5.58. The number of benzene rings is 2. The predicted octanol–water partition coefficient (Wildman–Crippen LogP) is 4.26. The van der Waals surface area contributed by atoms with Crippen molar-refractivity contribution in [2.24, 2.45) is 0 Å². The van der Waals surface area contributed by atoms with Crippen LogP contribution in [0.15, 0.2) is 58.2 Å². The maximum atomic E-state index is 12.6. The SMILES string of the molecule is CCN1CCN(c2ccccc2NC(=O)CSc2nnc(-c3ccc(Cl)cc3)o2)CC1. The van der Waals surface area contributed by atoms with E-state index in [2.05, 4.69) is 38.3 Å². The molecule has 0 unspecified atom stereocenters. The van der Waals surface area contributed by atoms with Crippen LogP contribution in [0.5, 0.6) is 0 Å². The first kappa shape index (κ1) is 21.7. The topological polar surface area (TPSA) is 74.5 Å². The van der Waals surface area contributed by atoms with Crippen molar-refractivity contribution in [1.82, 2.24) is 15.1 Å². The van der Waals surface area contributed by atoms with Crippen molar-refractivity contribution in [2.75, 3.05) is 48.7 Å². The van der Waals surface area contributed by atoms with Gasteiger partial charge in [0.1, 0.15) is 0 Å². The quantitative estimate of drug-likeness (QED) is 0.531. The van der Waals surface area contributed by atoms with E-state index in [1.165, 1.54) is 11.8 Å². The molecule has 1 aromatic heterocycles. The number of thioether (sulfide) groups is 1. The Morgan fingerprint density at radius 2 is 1.84 bits per heavy atom. The van der Waals surface area contributed by atoms with Gasteiger partial charge in [0.05, 0.1) is 17.1 Å². The molecule has 1 aliphatic rings. The second-order valence-corrected chi connectivity index (χ2v) is 8.52. The number of nitrogens with one attached hydrogen (secondary N) is 1. The maximum Gasteiger partial charge on any atom is 0.277 e. The molecular weight excluding hydrogens is 434 g/mol. The summed E-state index contributed by atoms with van der Waals surface area (Å²) in [6.45, 7) is 7.21. The van der Waals surface area contributed by atoms with E-state index in [1.54, 1.807) is 12.1 Å². The Morgan fingerprint density at radius 1 is 1.10 bits per heavy atom. The Labute approximate surface area is 190 Å². The third-order valence-corrected chi connectivity index (χ3v) is 6.23. The van der Waals surface area contributed by atoms with Gasteiger partial charge < -0.3 is 19.5 Å². The lowest BCUT2D eigenvalue weighted by atomic mass is 10.2. The highest BCUT2D eigenvalue weighted by molar-refractivity contribution is 7.99. The Bertz CT molecular complexity index is 1020. The first-order chi connectivity index (χ1) is 15.1. The lowest BCUT2D eigenvalue weighted by Crippen LogP contribution is -2.46. The fourth-order valence-corrected chi connectivity index (χ4v) is 4.14. The van der Waals surface area contributed by atoms with Crippen molar-refractivity contribution in [3.63, 3.8) is 0 Å². The van der Waals surface area contributed by atoms with Gasteiger partial charge in [0.2, 0.25) is 11.8 Å². The zero-order chi connectivity index (χ0) is 21.6. The first-order valence-electron chi connectivity index (χ1n) is 10.2. The van der Waals surface area contributed by atoms with Crippen LogP contribution in [0.25, 0.3) is 11.5 Å². The van der Waals surface area contributed by atoms with Gasteiger partial charge in [-0.2, -0.15) is 0 Å². The zero-order valence-corrected chi connectivity index (χ0v) is 18.8. The second-order valence-electron chi connectivity index (χ2n) is 7.16. The number of hydrogen-bond acceptors (Lipinski definition) is 7. The summed E-state index contributed by atoms with van der Waals surface area (Å²) in [7, 11) is 0. The van der Waals surface area contributed by atoms with Gasteiger partial charge in [-0.1, -0.05) is 42.4 Å². The van der Waals surface area contributed by atoms with Crippen LogP contribution >= 0.6 is 23.4 Å². The van der Waals surface area contributed by atoms with Crippen LogP contribution in [0.4, 0.5) is 11.4 Å². The Hall–Kier alpha value is -2.55. The number of likely N-dealkylation sites (N-methyl/N-ethyl adjacent to an activating group) is 1. The molecule has 2 aromatic carbocycles. The molecule has 1 N–H and O–H groups in total. The van der Waals surface area contributed by atoms with Crippen molar-refractivity contribution in [3.8, 4) is 11.5 Å². The van der Waals surface area contributed by atoms with E-state index >= 15 is 0 Å². The highest BCUT2D eigenvalue weighted by Gasteiger charge is 2.19. The van der Waals surface area contributed by atoms with Crippen LogP contribution in [0.2, 0.25) is 5.02 Å². The molecule has 1 aliphatic heterocycles. The summed E-state index contributed by atoms with van der Waals surface area (Å²) >= 11 is 7.12. The summed E-state index contributed by atoms with van der Waals surface area (Å²) in [6.07, 6.45) is 0. The zero-order valence-electron chi connectivity index (χ0n) is 17.3. The summed E-state index contributed by atoms with van der Waals surface area (Å²) in [4.78, 5) is 17.3. The smallest absolute Gasteiger partial charge is 0.277 e. The number of aromatic nitrogens is 2. The molecule has 0 saturated carbocycles. The molecule has 0 atom stereocenters. The van der Waals surface area contributed by atoms with Gasteiger partial charge >= 0.3 is 0 Å². The van der Waals surface area contributed by atoms with E-state index in [0.29, 0.717) is 16.1 Å². The standard InChI is InChI=1S/C22H24ClN5O2S/c1-2-27-11-13-28(14-12-27)19-6-4-3-5-18(19)24-20(29)15-31-22-26-25-21(30-22)16-7-9-17(23)10-8-16/h3-10H,2,11-15H2,1H3,(H,24,29). The van der Waals surface area contributed by atoms with Gasteiger partial charge in [0.15, 0.2) is 0 Å². The number of piperazine rings is 1. The van der Waals surface area contributed by atoms with Gasteiger partial charge in [-0.05, 0) is 42.9 Å². The molecule has 1 saturated heterocycles. The van der Waals surface area contributed by atoms with Crippen molar-refractivity contribution in [1.29, 1.82) is 0 Å². The second kappa shape index (κ2) is 10.2. The fraction of sp³-hybridized carbons (Fsp3) is 0.318. The molecule has 9 heteroatoms. The number of carbonyl (C=O) groups is 1. The van der Waals surface area contributed by atoms with Gasteiger partial charge in [0, 0.05) is 36.8 Å². The number of rotatable bonds is 7.